The summed E-state index contributed by atoms with van der Waals surface area (Å²) in [5.74, 6) is 2.43. The highest BCUT2D eigenvalue weighted by Crippen LogP contribution is 2.24. The van der Waals surface area contributed by atoms with Gasteiger partial charge in [-0.05, 0) is 48.9 Å². The Bertz CT molecular complexity index is 754. The van der Waals surface area contributed by atoms with Crippen molar-refractivity contribution in [3.05, 3.63) is 69.4 Å². The van der Waals surface area contributed by atoms with Crippen molar-refractivity contribution in [3.8, 4) is 5.75 Å². The molecule has 0 aliphatic carbocycles. The third-order valence-corrected chi connectivity index (χ3v) is 5.39. The van der Waals surface area contributed by atoms with Crippen LogP contribution in [0, 0.1) is 0 Å². The zero-order valence-corrected chi connectivity index (χ0v) is 16.8. The van der Waals surface area contributed by atoms with Gasteiger partial charge < -0.3 is 9.30 Å². The van der Waals surface area contributed by atoms with Crippen LogP contribution in [0.15, 0.2) is 58.2 Å². The summed E-state index contributed by atoms with van der Waals surface area (Å²) in [4.78, 5) is 0. The summed E-state index contributed by atoms with van der Waals surface area (Å²) < 4.78 is 8.95. The largest absolute Gasteiger partial charge is 0.486 e. The second-order valence-electron chi connectivity index (χ2n) is 5.30. The lowest BCUT2D eigenvalue weighted by molar-refractivity contribution is 0.288. The van der Waals surface area contributed by atoms with Crippen molar-refractivity contribution < 1.29 is 4.74 Å². The Hall–Kier alpha value is -1.50. The van der Waals surface area contributed by atoms with Crippen LogP contribution in [0.2, 0.25) is 5.02 Å². The molecule has 0 unspecified atom stereocenters. The van der Waals surface area contributed by atoms with E-state index in [9.17, 15) is 0 Å². The number of hydrogen-bond donors (Lipinski definition) is 0. The Labute approximate surface area is 164 Å². The second kappa shape index (κ2) is 8.74. The van der Waals surface area contributed by atoms with E-state index < -0.39 is 0 Å². The van der Waals surface area contributed by atoms with E-state index in [-0.39, 0.29) is 0 Å². The molecular weight excluding hydrogens is 422 g/mol. The van der Waals surface area contributed by atoms with Crippen LogP contribution in [-0.2, 0) is 18.9 Å². The normalized spacial score (nSPS) is 10.8. The smallest absolute Gasteiger partial charge is 0.191 e. The van der Waals surface area contributed by atoms with Gasteiger partial charge in [0.25, 0.3) is 0 Å². The van der Waals surface area contributed by atoms with Crippen molar-refractivity contribution in [2.45, 2.75) is 31.0 Å². The fourth-order valence-corrected chi connectivity index (χ4v) is 3.62. The number of benzene rings is 2. The van der Waals surface area contributed by atoms with Crippen LogP contribution in [0.5, 0.6) is 5.75 Å². The monoisotopic (exact) mass is 437 g/mol. The fourth-order valence-electron chi connectivity index (χ4n) is 2.26. The molecule has 0 aliphatic rings. The lowest BCUT2D eigenvalue weighted by atomic mass is 10.2. The quantitative estimate of drug-likeness (QED) is 0.451. The van der Waals surface area contributed by atoms with Crippen molar-refractivity contribution in [1.29, 1.82) is 0 Å². The number of rotatable bonds is 7. The molecule has 2 aromatic carbocycles. The van der Waals surface area contributed by atoms with E-state index in [0.717, 1.165) is 33.5 Å². The van der Waals surface area contributed by atoms with Crippen LogP contribution in [-0.4, -0.2) is 14.8 Å². The van der Waals surface area contributed by atoms with Gasteiger partial charge in [0.15, 0.2) is 11.0 Å². The minimum Gasteiger partial charge on any atom is -0.486 e. The molecule has 0 aliphatic heterocycles. The van der Waals surface area contributed by atoms with Gasteiger partial charge in [0.1, 0.15) is 12.4 Å². The number of hydrogen-bond acceptors (Lipinski definition) is 4. The Morgan fingerprint density at radius 1 is 1.08 bits per heavy atom. The molecule has 0 bridgehead atoms. The van der Waals surface area contributed by atoms with Crippen LogP contribution in [0.3, 0.4) is 0 Å². The van der Waals surface area contributed by atoms with Crippen LogP contribution >= 0.6 is 39.3 Å². The third kappa shape index (κ3) is 5.00. The van der Waals surface area contributed by atoms with Crippen molar-refractivity contribution in [2.24, 2.45) is 0 Å². The number of ether oxygens (including phenoxy) is 1. The van der Waals surface area contributed by atoms with Crippen molar-refractivity contribution in [2.75, 3.05) is 0 Å². The molecule has 7 heteroatoms. The zero-order valence-electron chi connectivity index (χ0n) is 13.7. The molecule has 0 atom stereocenters. The first-order valence-corrected chi connectivity index (χ1v) is 9.99. The maximum absolute atomic E-state index is 5.89. The Morgan fingerprint density at radius 2 is 1.80 bits per heavy atom. The van der Waals surface area contributed by atoms with Crippen LogP contribution < -0.4 is 4.74 Å². The van der Waals surface area contributed by atoms with E-state index in [1.165, 1.54) is 5.56 Å². The van der Waals surface area contributed by atoms with Gasteiger partial charge in [0, 0.05) is 21.8 Å². The summed E-state index contributed by atoms with van der Waals surface area (Å²) in [7, 11) is 0. The van der Waals surface area contributed by atoms with Crippen LogP contribution in [0.25, 0.3) is 0 Å². The van der Waals surface area contributed by atoms with E-state index in [2.05, 4.69) is 49.8 Å². The van der Waals surface area contributed by atoms with Crippen LogP contribution in [0.4, 0.5) is 0 Å². The SMILES string of the molecule is CCn1c(COc2ccc(Cl)cc2)nnc1SCc1ccc(Br)cc1. The molecular formula is C18H17BrClN3OS. The van der Waals surface area contributed by atoms with Gasteiger partial charge in [-0.25, -0.2) is 0 Å². The van der Waals surface area contributed by atoms with Gasteiger partial charge in [-0.15, -0.1) is 10.2 Å². The van der Waals surface area contributed by atoms with E-state index in [1.54, 1.807) is 23.9 Å². The fraction of sp³-hybridized carbons (Fsp3) is 0.222. The first-order valence-electron chi connectivity index (χ1n) is 7.83. The molecule has 4 nitrogen and oxygen atoms in total. The average molecular weight is 439 g/mol. The first kappa shape index (κ1) is 18.3. The summed E-state index contributed by atoms with van der Waals surface area (Å²) in [6.07, 6.45) is 0. The molecule has 0 spiro atoms. The molecule has 130 valence electrons. The second-order valence-corrected chi connectivity index (χ2v) is 7.60. The minimum absolute atomic E-state index is 0.376. The molecule has 0 saturated carbocycles. The van der Waals surface area contributed by atoms with Gasteiger partial charge in [0.2, 0.25) is 0 Å². The molecule has 0 fully saturated rings. The standard InChI is InChI=1S/C18H17BrClN3OS/c1-2-23-17(11-24-16-9-7-15(20)8-10-16)21-22-18(23)25-12-13-3-5-14(19)6-4-13/h3-10H,2,11-12H2,1H3. The van der Waals surface area contributed by atoms with E-state index in [4.69, 9.17) is 16.3 Å². The number of nitrogens with zero attached hydrogens (tertiary/aromatic N) is 3. The van der Waals surface area contributed by atoms with E-state index >= 15 is 0 Å². The molecule has 0 radical (unpaired) electrons. The molecule has 3 aromatic rings. The van der Waals surface area contributed by atoms with E-state index in [0.29, 0.717) is 11.6 Å². The highest BCUT2D eigenvalue weighted by molar-refractivity contribution is 9.10. The number of aromatic nitrogens is 3. The first-order chi connectivity index (χ1) is 12.2. The maximum atomic E-state index is 5.89. The summed E-state index contributed by atoms with van der Waals surface area (Å²) >= 11 is 11.0. The highest BCUT2D eigenvalue weighted by atomic mass is 79.9. The molecule has 25 heavy (non-hydrogen) atoms. The minimum atomic E-state index is 0.376. The van der Waals surface area contributed by atoms with Crippen molar-refractivity contribution in [1.82, 2.24) is 14.8 Å². The maximum Gasteiger partial charge on any atom is 0.191 e. The van der Waals surface area contributed by atoms with Gasteiger partial charge >= 0.3 is 0 Å². The molecule has 3 rings (SSSR count). The molecule has 0 N–H and O–H groups in total. The Morgan fingerprint density at radius 3 is 2.48 bits per heavy atom. The average Bonchev–Trinajstić information content (AvgIpc) is 3.02. The molecule has 1 aromatic heterocycles. The Kier molecular flexibility index (Phi) is 6.39. The lowest BCUT2D eigenvalue weighted by Gasteiger charge is -2.09. The molecule has 0 amide bonds. The summed E-state index contributed by atoms with van der Waals surface area (Å²) in [5.41, 5.74) is 1.25. The van der Waals surface area contributed by atoms with Crippen LogP contribution in [0.1, 0.15) is 18.3 Å². The number of halogens is 2. The molecule has 0 saturated heterocycles. The van der Waals surface area contributed by atoms with Gasteiger partial charge in [0.05, 0.1) is 0 Å². The number of thioether (sulfide) groups is 1. The van der Waals surface area contributed by atoms with Crippen molar-refractivity contribution >= 4 is 39.3 Å². The summed E-state index contributed by atoms with van der Waals surface area (Å²) in [6, 6.07) is 15.6. The topological polar surface area (TPSA) is 39.9 Å². The lowest BCUT2D eigenvalue weighted by Crippen LogP contribution is -2.07. The third-order valence-electron chi connectivity index (χ3n) is 3.57. The summed E-state index contributed by atoms with van der Waals surface area (Å²) in [6.45, 7) is 3.26. The summed E-state index contributed by atoms with van der Waals surface area (Å²) in [5, 5.41) is 10.2. The Balaban J connectivity index is 1.63. The van der Waals surface area contributed by atoms with Gasteiger partial charge in [-0.3, -0.25) is 0 Å². The van der Waals surface area contributed by atoms with Gasteiger partial charge in [-0.1, -0.05) is 51.4 Å². The highest BCUT2D eigenvalue weighted by Gasteiger charge is 2.12. The van der Waals surface area contributed by atoms with Crippen molar-refractivity contribution in [3.63, 3.8) is 0 Å². The van der Waals surface area contributed by atoms with Gasteiger partial charge in [-0.2, -0.15) is 0 Å². The predicted octanol–water partition coefficient (Wildman–Crippen LogP) is 5.59. The molecule has 1 heterocycles. The van der Waals surface area contributed by atoms with E-state index in [1.807, 2.05) is 24.3 Å². The zero-order chi connectivity index (χ0) is 17.6. The predicted molar refractivity (Wildman–Crippen MR) is 105 cm³/mol.